The number of ether oxygens (including phenoxy) is 1. The van der Waals surface area contributed by atoms with Crippen LogP contribution in [0.2, 0.25) is 0 Å². The molecule has 0 aliphatic carbocycles. The molecule has 0 saturated carbocycles. The van der Waals surface area contributed by atoms with Crippen molar-refractivity contribution in [1.82, 2.24) is 0 Å². The number of halogens is 5. The molecule has 0 unspecified atom stereocenters. The highest BCUT2D eigenvalue weighted by Gasteiger charge is 2.22. The average molecular weight is 392 g/mol. The Morgan fingerprint density at radius 2 is 1.54 bits per heavy atom. The van der Waals surface area contributed by atoms with E-state index >= 15 is 0 Å². The minimum atomic E-state index is -1.50. The van der Waals surface area contributed by atoms with E-state index in [9.17, 15) is 22.0 Å². The molecule has 3 rings (SSSR count). The predicted octanol–water partition coefficient (Wildman–Crippen LogP) is 6.98. The maximum absolute atomic E-state index is 14.8. The van der Waals surface area contributed by atoms with E-state index in [-0.39, 0.29) is 22.9 Å². The first-order valence-electron chi connectivity index (χ1n) is 8.68. The number of aryl methyl sites for hydroxylation is 1. The van der Waals surface area contributed by atoms with Gasteiger partial charge < -0.3 is 4.74 Å². The van der Waals surface area contributed by atoms with Gasteiger partial charge in [0.15, 0.2) is 23.3 Å². The molecule has 0 aliphatic rings. The van der Waals surface area contributed by atoms with E-state index < -0.39 is 40.1 Å². The van der Waals surface area contributed by atoms with Crippen molar-refractivity contribution in [2.45, 2.75) is 19.8 Å². The van der Waals surface area contributed by atoms with Crippen molar-refractivity contribution >= 4 is 22.4 Å². The Morgan fingerprint density at radius 1 is 0.857 bits per heavy atom. The predicted molar refractivity (Wildman–Crippen MR) is 99.8 cm³/mol. The fourth-order valence-corrected chi connectivity index (χ4v) is 3.04. The van der Waals surface area contributed by atoms with Crippen LogP contribution in [0.3, 0.4) is 0 Å². The van der Waals surface area contributed by atoms with Crippen molar-refractivity contribution < 1.29 is 26.7 Å². The lowest BCUT2D eigenvalue weighted by Gasteiger charge is -2.11. The maximum Gasteiger partial charge on any atom is 0.169 e. The summed E-state index contributed by atoms with van der Waals surface area (Å²) >= 11 is 0. The summed E-state index contributed by atoms with van der Waals surface area (Å²) in [6, 6.07) is 8.96. The quantitative estimate of drug-likeness (QED) is 0.336. The fraction of sp³-hybridized carbons (Fsp3) is 0.182. The Balaban J connectivity index is 2.15. The van der Waals surface area contributed by atoms with E-state index in [2.05, 4.69) is 0 Å². The second-order valence-corrected chi connectivity index (χ2v) is 6.30. The van der Waals surface area contributed by atoms with Crippen LogP contribution >= 0.6 is 0 Å². The number of hydrogen-bond acceptors (Lipinski definition) is 1. The standard InChI is InChI=1S/C22H17F5O/c1-3-4-14-11-13-7-10-16(20(25)17(13)22(27)19(14)24)21(26)18(23)12-5-8-15(28-2)9-6-12/h5-11H,3-4H2,1-2H3. The van der Waals surface area contributed by atoms with Crippen LogP contribution in [-0.2, 0) is 6.42 Å². The van der Waals surface area contributed by atoms with Crippen molar-refractivity contribution in [1.29, 1.82) is 0 Å². The molecule has 3 aromatic carbocycles. The summed E-state index contributed by atoms with van der Waals surface area (Å²) in [6.45, 7) is 1.80. The van der Waals surface area contributed by atoms with Gasteiger partial charge in [0.05, 0.1) is 12.5 Å². The van der Waals surface area contributed by atoms with Crippen LogP contribution < -0.4 is 4.74 Å². The Kier molecular flexibility index (Phi) is 5.68. The van der Waals surface area contributed by atoms with Crippen LogP contribution in [0.1, 0.15) is 30.0 Å². The second-order valence-electron chi connectivity index (χ2n) is 6.30. The van der Waals surface area contributed by atoms with Gasteiger partial charge in [-0.15, -0.1) is 0 Å². The summed E-state index contributed by atoms with van der Waals surface area (Å²) in [5.74, 6) is -6.30. The molecule has 0 saturated heterocycles. The van der Waals surface area contributed by atoms with E-state index in [0.29, 0.717) is 12.2 Å². The SMILES string of the molecule is CCCc1cc2ccc(C(F)=C(F)c3ccc(OC)cc3)c(F)c2c(F)c1F. The highest BCUT2D eigenvalue weighted by molar-refractivity contribution is 5.91. The Hall–Kier alpha value is -2.89. The zero-order chi connectivity index (χ0) is 20.4. The van der Waals surface area contributed by atoms with Crippen LogP contribution in [-0.4, -0.2) is 7.11 Å². The summed E-state index contributed by atoms with van der Waals surface area (Å²) in [5, 5.41) is -0.617. The molecule has 0 radical (unpaired) electrons. The fourth-order valence-electron chi connectivity index (χ4n) is 3.04. The van der Waals surface area contributed by atoms with Gasteiger partial charge in [-0.3, -0.25) is 0 Å². The first-order chi connectivity index (χ1) is 13.4. The van der Waals surface area contributed by atoms with Gasteiger partial charge in [0.25, 0.3) is 0 Å². The summed E-state index contributed by atoms with van der Waals surface area (Å²) in [7, 11) is 1.42. The lowest BCUT2D eigenvalue weighted by molar-refractivity contribution is 0.414. The minimum absolute atomic E-state index is 0.0845. The van der Waals surface area contributed by atoms with Gasteiger partial charge in [-0.05, 0) is 53.8 Å². The molecule has 0 N–H and O–H groups in total. The molecule has 28 heavy (non-hydrogen) atoms. The third kappa shape index (κ3) is 3.46. The van der Waals surface area contributed by atoms with Crippen molar-refractivity contribution in [3.8, 4) is 5.75 Å². The Morgan fingerprint density at radius 3 is 2.14 bits per heavy atom. The molecule has 0 heterocycles. The monoisotopic (exact) mass is 392 g/mol. The highest BCUT2D eigenvalue weighted by Crippen LogP contribution is 2.35. The first-order valence-corrected chi connectivity index (χ1v) is 8.68. The normalized spacial score (nSPS) is 12.2. The van der Waals surface area contributed by atoms with Gasteiger partial charge in [-0.25, -0.2) is 22.0 Å². The third-order valence-corrected chi connectivity index (χ3v) is 4.49. The molecule has 0 fully saturated rings. The van der Waals surface area contributed by atoms with Crippen LogP contribution in [0.4, 0.5) is 22.0 Å². The summed E-state index contributed by atoms with van der Waals surface area (Å²) in [6.07, 6.45) is 0.856. The molecule has 0 aromatic heterocycles. The van der Waals surface area contributed by atoms with Crippen LogP contribution in [0, 0.1) is 17.5 Å². The van der Waals surface area contributed by atoms with Crippen LogP contribution in [0.15, 0.2) is 42.5 Å². The zero-order valence-electron chi connectivity index (χ0n) is 15.3. The van der Waals surface area contributed by atoms with E-state index in [1.807, 2.05) is 0 Å². The summed E-state index contributed by atoms with van der Waals surface area (Å²) in [4.78, 5) is 0. The molecule has 3 aromatic rings. The lowest BCUT2D eigenvalue weighted by atomic mass is 9.99. The van der Waals surface area contributed by atoms with Crippen molar-refractivity contribution in [3.05, 3.63) is 76.6 Å². The largest absolute Gasteiger partial charge is 0.497 e. The number of hydrogen-bond donors (Lipinski definition) is 0. The van der Waals surface area contributed by atoms with Gasteiger partial charge in [-0.2, -0.15) is 0 Å². The van der Waals surface area contributed by atoms with Crippen LogP contribution in [0.5, 0.6) is 5.75 Å². The van der Waals surface area contributed by atoms with Crippen molar-refractivity contribution in [2.75, 3.05) is 7.11 Å². The van der Waals surface area contributed by atoms with E-state index in [1.54, 1.807) is 6.92 Å². The highest BCUT2D eigenvalue weighted by atomic mass is 19.2. The molecular formula is C22H17F5O. The average Bonchev–Trinajstić information content (AvgIpc) is 2.71. The maximum atomic E-state index is 14.8. The molecule has 0 amide bonds. The molecule has 0 atom stereocenters. The van der Waals surface area contributed by atoms with E-state index in [0.717, 1.165) is 6.07 Å². The smallest absolute Gasteiger partial charge is 0.169 e. The van der Waals surface area contributed by atoms with Gasteiger partial charge >= 0.3 is 0 Å². The molecular weight excluding hydrogens is 375 g/mol. The van der Waals surface area contributed by atoms with Gasteiger partial charge in [0.1, 0.15) is 11.6 Å². The van der Waals surface area contributed by atoms with Crippen molar-refractivity contribution in [3.63, 3.8) is 0 Å². The Labute approximate surface area is 159 Å². The second kappa shape index (κ2) is 8.00. The molecule has 146 valence electrons. The minimum Gasteiger partial charge on any atom is -0.497 e. The van der Waals surface area contributed by atoms with Gasteiger partial charge in [-0.1, -0.05) is 19.4 Å². The third-order valence-electron chi connectivity index (χ3n) is 4.49. The van der Waals surface area contributed by atoms with Crippen molar-refractivity contribution in [2.24, 2.45) is 0 Å². The zero-order valence-corrected chi connectivity index (χ0v) is 15.3. The first kappa shape index (κ1) is 19.9. The number of benzene rings is 3. The van der Waals surface area contributed by atoms with Gasteiger partial charge in [0.2, 0.25) is 0 Å². The molecule has 1 nitrogen and oxygen atoms in total. The lowest BCUT2D eigenvalue weighted by Crippen LogP contribution is -2.00. The number of rotatable bonds is 5. The number of fused-ring (bicyclic) bond motifs is 1. The molecule has 0 bridgehead atoms. The van der Waals surface area contributed by atoms with Crippen LogP contribution in [0.25, 0.3) is 22.4 Å². The molecule has 0 spiro atoms. The molecule has 0 aliphatic heterocycles. The van der Waals surface area contributed by atoms with E-state index in [4.69, 9.17) is 4.74 Å². The van der Waals surface area contributed by atoms with E-state index in [1.165, 1.54) is 43.5 Å². The summed E-state index contributed by atoms with van der Waals surface area (Å²) in [5.41, 5.74) is -0.801. The number of methoxy groups -OCH3 is 1. The topological polar surface area (TPSA) is 9.23 Å². The Bertz CT molecular complexity index is 1050. The molecule has 6 heteroatoms. The van der Waals surface area contributed by atoms with Gasteiger partial charge in [0, 0.05) is 11.1 Å². The summed E-state index contributed by atoms with van der Waals surface area (Å²) < 4.78 is 77.5.